The Labute approximate surface area is 109 Å². The zero-order valence-corrected chi connectivity index (χ0v) is 10.4. The Morgan fingerprint density at radius 1 is 1.16 bits per heavy atom. The predicted molar refractivity (Wildman–Crippen MR) is 64.5 cm³/mol. The van der Waals surface area contributed by atoms with Gasteiger partial charge >= 0.3 is 6.36 Å². The number of hydrogen-bond acceptors (Lipinski definition) is 4. The number of piperazine rings is 1. The maximum Gasteiger partial charge on any atom is 0.573 e. The number of ether oxygens (including phenoxy) is 1. The van der Waals surface area contributed by atoms with Gasteiger partial charge in [0.15, 0.2) is 11.5 Å². The van der Waals surface area contributed by atoms with Crippen LogP contribution in [0.4, 0.5) is 18.9 Å². The number of likely N-dealkylation sites (N-methyl/N-ethyl adjacent to an activating group) is 1. The maximum atomic E-state index is 12.2. The van der Waals surface area contributed by atoms with Crippen molar-refractivity contribution in [2.24, 2.45) is 0 Å². The fourth-order valence-corrected chi connectivity index (χ4v) is 1.97. The third-order valence-corrected chi connectivity index (χ3v) is 3.04. The predicted octanol–water partition coefficient (Wildman–Crippen LogP) is 2.04. The van der Waals surface area contributed by atoms with Gasteiger partial charge in [-0.3, -0.25) is 0 Å². The van der Waals surface area contributed by atoms with Crippen LogP contribution in [-0.2, 0) is 0 Å². The van der Waals surface area contributed by atoms with E-state index in [9.17, 15) is 18.3 Å². The lowest BCUT2D eigenvalue weighted by atomic mass is 10.2. The quantitative estimate of drug-likeness (QED) is 0.896. The smallest absolute Gasteiger partial charge is 0.504 e. The first kappa shape index (κ1) is 13.8. The summed E-state index contributed by atoms with van der Waals surface area (Å²) in [5.74, 6) is -1.08. The topological polar surface area (TPSA) is 35.9 Å². The molecule has 1 aliphatic heterocycles. The van der Waals surface area contributed by atoms with Gasteiger partial charge in [-0.2, -0.15) is 0 Å². The van der Waals surface area contributed by atoms with Crippen LogP contribution in [-0.4, -0.2) is 49.6 Å². The van der Waals surface area contributed by atoms with E-state index in [1.807, 2.05) is 11.9 Å². The summed E-state index contributed by atoms with van der Waals surface area (Å²) in [4.78, 5) is 4.10. The Kier molecular flexibility index (Phi) is 3.75. The molecule has 106 valence electrons. The minimum absolute atomic E-state index is 0.518. The van der Waals surface area contributed by atoms with Gasteiger partial charge in [0, 0.05) is 37.9 Å². The number of phenols is 1. The monoisotopic (exact) mass is 276 g/mol. The molecule has 1 heterocycles. The second kappa shape index (κ2) is 5.16. The van der Waals surface area contributed by atoms with Crippen LogP contribution in [0.25, 0.3) is 0 Å². The zero-order valence-electron chi connectivity index (χ0n) is 10.4. The molecule has 0 atom stereocenters. The number of aromatic hydroxyl groups is 1. The average molecular weight is 276 g/mol. The number of hydrogen-bond donors (Lipinski definition) is 1. The van der Waals surface area contributed by atoms with E-state index in [0.29, 0.717) is 5.69 Å². The van der Waals surface area contributed by atoms with Gasteiger partial charge in [0.2, 0.25) is 0 Å². The van der Waals surface area contributed by atoms with Gasteiger partial charge in [0.25, 0.3) is 0 Å². The van der Waals surface area contributed by atoms with Crippen molar-refractivity contribution in [1.82, 2.24) is 4.90 Å². The van der Waals surface area contributed by atoms with Crippen LogP contribution in [0.2, 0.25) is 0 Å². The molecule has 0 radical (unpaired) electrons. The first-order chi connectivity index (χ1) is 8.85. The molecule has 1 N–H and O–H groups in total. The first-order valence-electron chi connectivity index (χ1n) is 5.87. The molecule has 19 heavy (non-hydrogen) atoms. The molecule has 1 saturated heterocycles. The largest absolute Gasteiger partial charge is 0.573 e. The van der Waals surface area contributed by atoms with E-state index >= 15 is 0 Å². The van der Waals surface area contributed by atoms with E-state index < -0.39 is 17.9 Å². The fourth-order valence-electron chi connectivity index (χ4n) is 1.97. The van der Waals surface area contributed by atoms with Crippen LogP contribution in [0.1, 0.15) is 0 Å². The lowest BCUT2D eigenvalue weighted by Gasteiger charge is -2.34. The summed E-state index contributed by atoms with van der Waals surface area (Å²) in [6.45, 7) is 3.14. The third-order valence-electron chi connectivity index (χ3n) is 3.04. The summed E-state index contributed by atoms with van der Waals surface area (Å²) in [5.41, 5.74) is 0.616. The highest BCUT2D eigenvalue weighted by Crippen LogP contribution is 2.34. The molecule has 0 aromatic heterocycles. The Morgan fingerprint density at radius 2 is 1.79 bits per heavy atom. The molecule has 1 aliphatic rings. The number of rotatable bonds is 2. The highest BCUT2D eigenvalue weighted by atomic mass is 19.4. The molecule has 0 bridgehead atoms. The molecule has 4 nitrogen and oxygen atoms in total. The normalized spacial score (nSPS) is 17.6. The van der Waals surface area contributed by atoms with Crippen molar-refractivity contribution in [3.63, 3.8) is 0 Å². The fraction of sp³-hybridized carbons (Fsp3) is 0.500. The van der Waals surface area contributed by atoms with Crippen LogP contribution in [0.3, 0.4) is 0 Å². The molecule has 0 saturated carbocycles. The minimum atomic E-state index is -4.81. The number of benzene rings is 1. The number of anilines is 1. The molecule has 0 amide bonds. The van der Waals surface area contributed by atoms with E-state index in [-0.39, 0.29) is 0 Å². The molecule has 1 aromatic carbocycles. The number of alkyl halides is 3. The van der Waals surface area contributed by atoms with Crippen molar-refractivity contribution in [1.29, 1.82) is 0 Å². The van der Waals surface area contributed by atoms with Crippen molar-refractivity contribution in [3.05, 3.63) is 18.2 Å². The van der Waals surface area contributed by atoms with Crippen LogP contribution in [0.5, 0.6) is 11.5 Å². The highest BCUT2D eigenvalue weighted by Gasteiger charge is 2.32. The molecular weight excluding hydrogens is 261 g/mol. The van der Waals surface area contributed by atoms with Gasteiger partial charge < -0.3 is 19.6 Å². The van der Waals surface area contributed by atoms with E-state index in [1.54, 1.807) is 6.07 Å². The van der Waals surface area contributed by atoms with Crippen molar-refractivity contribution >= 4 is 5.69 Å². The van der Waals surface area contributed by atoms with Gasteiger partial charge in [0.1, 0.15) is 0 Å². The lowest BCUT2D eigenvalue weighted by molar-refractivity contribution is -0.275. The van der Waals surface area contributed by atoms with E-state index in [2.05, 4.69) is 9.64 Å². The number of nitrogens with zero attached hydrogens (tertiary/aromatic N) is 2. The van der Waals surface area contributed by atoms with Crippen molar-refractivity contribution < 1.29 is 23.0 Å². The molecule has 0 unspecified atom stereocenters. The second-order valence-electron chi connectivity index (χ2n) is 4.49. The van der Waals surface area contributed by atoms with Crippen molar-refractivity contribution in [3.8, 4) is 11.5 Å². The van der Waals surface area contributed by atoms with E-state index in [1.165, 1.54) is 12.1 Å². The second-order valence-corrected chi connectivity index (χ2v) is 4.49. The highest BCUT2D eigenvalue weighted by molar-refractivity contribution is 5.56. The van der Waals surface area contributed by atoms with Crippen molar-refractivity contribution in [2.75, 3.05) is 38.1 Å². The SMILES string of the molecule is CN1CCN(c2ccc(O)c(OC(F)(F)F)c2)CC1. The summed E-state index contributed by atoms with van der Waals surface area (Å²) >= 11 is 0. The van der Waals surface area contributed by atoms with Gasteiger partial charge in [-0.15, -0.1) is 13.2 Å². The molecule has 2 rings (SSSR count). The zero-order chi connectivity index (χ0) is 14.0. The van der Waals surface area contributed by atoms with Crippen LogP contribution in [0, 0.1) is 0 Å². The lowest BCUT2D eigenvalue weighted by Crippen LogP contribution is -2.44. The Bertz CT molecular complexity index is 443. The van der Waals surface area contributed by atoms with E-state index in [4.69, 9.17) is 0 Å². The van der Waals surface area contributed by atoms with Crippen LogP contribution in [0.15, 0.2) is 18.2 Å². The van der Waals surface area contributed by atoms with Crippen LogP contribution >= 0.6 is 0 Å². The number of phenolic OH excluding ortho intramolecular Hbond substituents is 1. The van der Waals surface area contributed by atoms with Gasteiger partial charge in [0.05, 0.1) is 0 Å². The summed E-state index contributed by atoms with van der Waals surface area (Å²) in [6, 6.07) is 4.02. The average Bonchev–Trinajstić information content (AvgIpc) is 2.31. The molecule has 7 heteroatoms. The van der Waals surface area contributed by atoms with Gasteiger partial charge in [-0.1, -0.05) is 0 Å². The number of halogens is 3. The standard InChI is InChI=1S/C12H15F3N2O2/c1-16-4-6-17(7-5-16)9-2-3-10(18)11(8-9)19-12(13,14)15/h2-3,8,18H,4-7H2,1H3. The summed E-state index contributed by atoms with van der Waals surface area (Å²) in [6.07, 6.45) is -4.81. The summed E-state index contributed by atoms with van der Waals surface area (Å²) in [7, 11) is 1.99. The third kappa shape index (κ3) is 3.66. The van der Waals surface area contributed by atoms with Crippen LogP contribution < -0.4 is 9.64 Å². The molecule has 1 aromatic rings. The summed E-state index contributed by atoms with van der Waals surface area (Å²) in [5, 5.41) is 9.39. The Morgan fingerprint density at radius 3 is 2.37 bits per heavy atom. The van der Waals surface area contributed by atoms with E-state index in [0.717, 1.165) is 26.2 Å². The van der Waals surface area contributed by atoms with Gasteiger partial charge in [-0.05, 0) is 19.2 Å². The molecular formula is C12H15F3N2O2. The van der Waals surface area contributed by atoms with Gasteiger partial charge in [-0.25, -0.2) is 0 Å². The van der Waals surface area contributed by atoms with Crippen molar-refractivity contribution in [2.45, 2.75) is 6.36 Å². The molecule has 1 fully saturated rings. The first-order valence-corrected chi connectivity index (χ1v) is 5.87. The summed E-state index contributed by atoms with van der Waals surface area (Å²) < 4.78 is 40.4. The molecule has 0 aliphatic carbocycles. The Hall–Kier alpha value is -1.63. The molecule has 0 spiro atoms. The maximum absolute atomic E-state index is 12.2. The Balaban J connectivity index is 2.16. The minimum Gasteiger partial charge on any atom is -0.504 e.